The number of likely N-dealkylation sites (tertiary alicyclic amines) is 1. The number of hydrogen-bond acceptors (Lipinski definition) is 27. The number of benzene rings is 4. The van der Waals surface area contributed by atoms with Gasteiger partial charge in [0, 0.05) is 137 Å². The number of fused-ring (bicyclic) bond motifs is 3. The van der Waals surface area contributed by atoms with Crippen molar-refractivity contribution >= 4 is 173 Å². The highest BCUT2D eigenvalue weighted by atomic mass is 33.1. The van der Waals surface area contributed by atoms with Gasteiger partial charge in [-0.25, -0.2) is 0 Å². The summed E-state index contributed by atoms with van der Waals surface area (Å²) in [5.41, 5.74) is 20.2. The number of nitrogens with two attached hydrogens (primary N) is 3. The summed E-state index contributed by atoms with van der Waals surface area (Å²) in [5.74, 6) is -24.3. The monoisotopic (exact) mass is 2040 g/mol. The predicted molar refractivity (Wildman–Crippen MR) is 526 cm³/mol. The third-order valence-electron chi connectivity index (χ3n) is 25.4. The first-order valence-corrected chi connectivity index (χ1v) is 50.2. The van der Waals surface area contributed by atoms with E-state index in [-0.39, 0.29) is 116 Å². The Morgan fingerprint density at radius 1 is 0.472 bits per heavy atom. The SMILES string of the molecule is CC(=O)N[C@@H](Cc1c[nH]c2ccccc12)C(=O)N[C@H](C(=O)N[C@@H](CC1CCCCC1)C(=O)N[C@H]1CSSC[C@@H](C(=O)N[C@@H](Cc2c[nH]c3ccccc23)C(=O)N2CCC[C@H]2C(N)=O)NC(=O)[C@H](CC(=O)O)NC(=O)[C@H](CCCCNC(=O)CN2CCN(CC(=O)O)CCN(CC(=O)O)CCN(CC(=O)O)CC2)NC(=O)[C@H](Cc2ccc3ccccc3c2)NC(=O)[C@H](CC(N)=O)NC(=O)[C@H](CC(N)=O)NC1=O)[C@@H](C)O. The molecule has 2 aromatic heterocycles. The zero-order valence-corrected chi connectivity index (χ0v) is 81.6. The minimum Gasteiger partial charge on any atom is -0.481 e. The largest absolute Gasteiger partial charge is 0.481 e. The van der Waals surface area contributed by atoms with Gasteiger partial charge < -0.3 is 121 Å². The Morgan fingerprint density at radius 2 is 0.965 bits per heavy atom. The molecule has 13 atom stereocenters. The smallest absolute Gasteiger partial charge is 0.317 e. The van der Waals surface area contributed by atoms with Crippen molar-refractivity contribution in [3.63, 3.8) is 0 Å². The molecule has 47 nitrogen and oxygen atoms in total. The number of aromatic amines is 2. The Bertz CT molecular complexity index is 5590. The van der Waals surface area contributed by atoms with Gasteiger partial charge in [-0.3, -0.25) is 115 Å². The summed E-state index contributed by atoms with van der Waals surface area (Å²) in [6.45, 7) is 1.33. The van der Waals surface area contributed by atoms with Gasteiger partial charge in [0.15, 0.2) is 0 Å². The number of carbonyl (C=O) groups excluding carboxylic acids is 16. The highest BCUT2D eigenvalue weighted by Crippen LogP contribution is 2.31. The van der Waals surface area contributed by atoms with E-state index in [2.05, 4.69) is 73.8 Å². The van der Waals surface area contributed by atoms with Gasteiger partial charge in [-0.2, -0.15) is 0 Å². The van der Waals surface area contributed by atoms with Crippen LogP contribution in [0.4, 0.5) is 0 Å². The van der Waals surface area contributed by atoms with Crippen LogP contribution in [-0.4, -0.2) is 360 Å². The molecule has 6 aromatic rings. The summed E-state index contributed by atoms with van der Waals surface area (Å²) in [5, 5.41) is 84.8. The number of aromatic nitrogens is 2. The Balaban J connectivity index is 1.01. The normalized spacial score (nSPS) is 21.5. The molecule has 780 valence electrons. The van der Waals surface area contributed by atoms with Crippen LogP contribution >= 0.6 is 21.6 Å². The van der Waals surface area contributed by atoms with Crippen molar-refractivity contribution in [3.05, 3.63) is 120 Å². The lowest BCUT2D eigenvalue weighted by molar-refractivity contribution is -0.142. The fraction of sp³-hybridized carbons (Fsp3) is 0.516. The van der Waals surface area contributed by atoms with E-state index in [1.165, 1.54) is 18.7 Å². The number of aliphatic hydroxyl groups is 1. The molecule has 0 bridgehead atoms. The van der Waals surface area contributed by atoms with E-state index >= 15 is 43.2 Å². The van der Waals surface area contributed by atoms with Gasteiger partial charge in [0.2, 0.25) is 94.5 Å². The van der Waals surface area contributed by atoms with Gasteiger partial charge in [-0.15, -0.1) is 0 Å². The number of para-hydroxylation sites is 2. The van der Waals surface area contributed by atoms with Crippen LogP contribution in [-0.2, 0) is 115 Å². The van der Waals surface area contributed by atoms with E-state index in [0.29, 0.717) is 92.2 Å². The molecule has 1 saturated carbocycles. The molecule has 4 aromatic carbocycles. The summed E-state index contributed by atoms with van der Waals surface area (Å²) >= 11 is 0. The number of rotatable bonds is 39. The fourth-order valence-electron chi connectivity index (χ4n) is 17.9. The van der Waals surface area contributed by atoms with E-state index in [1.54, 1.807) is 123 Å². The zero-order valence-electron chi connectivity index (χ0n) is 79.9. The standard InChI is InChI=1S/C95H128N22O25S2/c1-53(118)83(112-91(138)68(102-54(2)119)40-59-45-100-63-21-10-8-19-61(59)63)94(141)108-66(38-55-15-4-3-5-16-55)87(134)110-73-51-143-144-52-74(93(140)109-72(95(142)117-28-14-24-75(117)84(98)131)41-60-46-101-64-22-11-9-20-62(60)64)111-90(137)71(44-79(123)124)107-85(132)65(23-12-13-27-99-78(122)47-113-29-31-114(48-80(125)126)33-35-116(50-82(129)130)36-34-115(32-30-113)49-81(127)128)103-86(133)67(39-56-25-26-57-17-6-7-18-58(57)37-56)104-88(135)69(42-76(96)120)105-89(136)70(43-77(97)121)106-92(73)139/h6-11,17-22,25-26,37,45-46,53,55,65-75,83,100-101,118H,3-5,12-16,23-24,27-36,38-44,47-52H2,1-2H3,(H2,96,120)(H2,97,121)(H2,98,131)(H,99,122)(H,102,119)(H,103,133)(H,104,135)(H,105,136)(H,106,139)(H,107,132)(H,108,141)(H,109,140)(H,110,134)(H,111,137)(H,112,138)(H,123,124)(H,125,126)(H,127,128)(H,129,130)/t53-,65+,66+,67+,68+,69+,70+,71+,72+,73+,74+,75+,83+/m1/s1. The van der Waals surface area contributed by atoms with Crippen LogP contribution in [0.25, 0.3) is 32.6 Å². The van der Waals surface area contributed by atoms with Gasteiger partial charge in [-0.05, 0) is 91.0 Å². The van der Waals surface area contributed by atoms with Crippen LogP contribution in [0.15, 0.2) is 103 Å². The molecule has 0 unspecified atom stereocenters. The lowest BCUT2D eigenvalue weighted by Crippen LogP contribution is -2.62. The highest BCUT2D eigenvalue weighted by molar-refractivity contribution is 8.76. The van der Waals surface area contributed by atoms with Crippen molar-refractivity contribution < 1.29 is 121 Å². The van der Waals surface area contributed by atoms with Crippen LogP contribution in [0.1, 0.15) is 120 Å². The Kier molecular flexibility index (Phi) is 42.9. The molecule has 10 rings (SSSR count). The molecule has 144 heavy (non-hydrogen) atoms. The maximum Gasteiger partial charge on any atom is 0.317 e. The van der Waals surface area contributed by atoms with Crippen LogP contribution in [0.3, 0.4) is 0 Å². The minimum atomic E-state index is -2.20. The number of carbonyl (C=O) groups is 20. The molecule has 49 heteroatoms. The van der Waals surface area contributed by atoms with Crippen LogP contribution < -0.4 is 81.0 Å². The summed E-state index contributed by atoms with van der Waals surface area (Å²) < 4.78 is 0. The van der Waals surface area contributed by atoms with Gasteiger partial charge in [0.25, 0.3) is 0 Å². The average Bonchev–Trinajstić information content (AvgIpc) is 1.65. The summed E-state index contributed by atoms with van der Waals surface area (Å²) in [4.78, 5) is 297. The van der Waals surface area contributed by atoms with Crippen molar-refractivity contribution in [1.29, 1.82) is 0 Å². The fourth-order valence-corrected chi connectivity index (χ4v) is 20.3. The van der Waals surface area contributed by atoms with Crippen molar-refractivity contribution in [1.82, 2.24) is 98.3 Å². The van der Waals surface area contributed by atoms with Crippen molar-refractivity contribution in [2.45, 2.75) is 202 Å². The second kappa shape index (κ2) is 55.1. The minimum absolute atomic E-state index is 0.00497. The molecule has 3 aliphatic heterocycles. The number of primary amides is 3. The molecule has 0 radical (unpaired) electrons. The summed E-state index contributed by atoms with van der Waals surface area (Å²) in [6.07, 6.45) is 0.336. The number of hydrogen-bond donors (Lipinski definition) is 22. The quantitative estimate of drug-likeness (QED) is 0.0131. The van der Waals surface area contributed by atoms with Crippen LogP contribution in [0.2, 0.25) is 0 Å². The molecule has 25 N–H and O–H groups in total. The van der Waals surface area contributed by atoms with Gasteiger partial charge >= 0.3 is 23.9 Å². The lowest BCUT2D eigenvalue weighted by Gasteiger charge is -2.32. The van der Waals surface area contributed by atoms with Crippen LogP contribution in [0.5, 0.6) is 0 Å². The molecule has 0 spiro atoms. The number of H-pyrrole nitrogens is 2. The van der Waals surface area contributed by atoms with Crippen molar-refractivity contribution in [2.75, 3.05) is 103 Å². The third-order valence-corrected chi connectivity index (χ3v) is 27.8. The number of nitrogens with zero attached hydrogens (tertiary/aromatic N) is 5. The van der Waals surface area contributed by atoms with E-state index in [4.69, 9.17) is 17.2 Å². The molecule has 1 aliphatic carbocycles. The molecule has 4 fully saturated rings. The molecule has 3 saturated heterocycles. The summed E-state index contributed by atoms with van der Waals surface area (Å²) in [7, 11) is 1.39. The Hall–Kier alpha value is -13.9. The number of carboxylic acids is 4. The third kappa shape index (κ3) is 35.0. The topological polar surface area (TPSA) is 713 Å². The number of unbranched alkanes of at least 4 members (excludes halogenated alkanes) is 1. The molecule has 16 amide bonds. The maximum absolute atomic E-state index is 15.7. The second-order valence-electron chi connectivity index (χ2n) is 36.5. The van der Waals surface area contributed by atoms with E-state index in [1.807, 2.05) is 0 Å². The maximum atomic E-state index is 15.7. The lowest BCUT2D eigenvalue weighted by atomic mass is 9.84. The zero-order chi connectivity index (χ0) is 104. The van der Waals surface area contributed by atoms with Gasteiger partial charge in [0.05, 0.1) is 51.5 Å². The van der Waals surface area contributed by atoms with E-state index < -0.39 is 260 Å². The molecule has 5 heterocycles. The Morgan fingerprint density at radius 3 is 1.51 bits per heavy atom. The summed E-state index contributed by atoms with van der Waals surface area (Å²) in [6, 6.07) is 4.41. The Labute approximate surface area is 835 Å². The van der Waals surface area contributed by atoms with E-state index in [0.717, 1.165) is 17.2 Å². The number of aliphatic hydroxyl groups excluding tert-OH is 1. The first-order valence-electron chi connectivity index (χ1n) is 47.7. The predicted octanol–water partition coefficient (Wildman–Crippen LogP) is -3.61. The molecule has 4 aliphatic rings. The van der Waals surface area contributed by atoms with Gasteiger partial charge in [0.1, 0.15) is 72.5 Å². The average molecular weight is 2040 g/mol. The second-order valence-corrected chi connectivity index (χ2v) is 39.1. The van der Waals surface area contributed by atoms with Crippen molar-refractivity contribution in [2.24, 2.45) is 23.1 Å². The first-order chi connectivity index (χ1) is 68.7. The van der Waals surface area contributed by atoms with Crippen LogP contribution in [0, 0.1) is 5.92 Å². The number of amides is 16. The molecular formula is C95H128N22O25S2. The number of carboxylic acid groups (broad SMARTS) is 4. The molecular weight excluding hydrogens is 1910 g/mol. The highest BCUT2D eigenvalue weighted by Gasteiger charge is 2.43. The number of nitrogens with one attached hydrogen (secondary N) is 14. The van der Waals surface area contributed by atoms with Crippen molar-refractivity contribution in [3.8, 4) is 0 Å². The number of aliphatic carboxylic acids is 4. The van der Waals surface area contributed by atoms with E-state index in [9.17, 15) is 78.3 Å². The first kappa shape index (κ1) is 112. The van der Waals surface area contributed by atoms with Gasteiger partial charge in [-0.1, -0.05) is 133 Å².